The minimum absolute atomic E-state index is 0.0563. The molecule has 24 heavy (non-hydrogen) atoms. The fourth-order valence-electron chi connectivity index (χ4n) is 2.57. The molecule has 0 atom stereocenters. The number of benzene rings is 2. The van der Waals surface area contributed by atoms with Crippen molar-refractivity contribution in [1.29, 1.82) is 0 Å². The highest BCUT2D eigenvalue weighted by Crippen LogP contribution is 2.30. The third-order valence-electron chi connectivity index (χ3n) is 3.87. The van der Waals surface area contributed by atoms with E-state index in [4.69, 9.17) is 0 Å². The summed E-state index contributed by atoms with van der Waals surface area (Å²) in [6, 6.07) is 11.3. The van der Waals surface area contributed by atoms with Crippen LogP contribution in [-0.4, -0.2) is 31.1 Å². The van der Waals surface area contributed by atoms with Gasteiger partial charge in [-0.2, -0.15) is 0 Å². The second-order valence-corrected chi connectivity index (χ2v) is 7.34. The van der Waals surface area contributed by atoms with Crippen molar-refractivity contribution in [3.8, 4) is 0 Å². The van der Waals surface area contributed by atoms with Crippen molar-refractivity contribution in [3.63, 3.8) is 0 Å². The van der Waals surface area contributed by atoms with Gasteiger partial charge in [0.15, 0.2) is 0 Å². The minimum atomic E-state index is -3.88. The second kappa shape index (κ2) is 5.76. The molecule has 0 aliphatic carbocycles. The van der Waals surface area contributed by atoms with E-state index in [1.165, 1.54) is 18.2 Å². The monoisotopic (exact) mass is 344 g/mol. The van der Waals surface area contributed by atoms with E-state index in [1.54, 1.807) is 19.1 Å². The van der Waals surface area contributed by atoms with Crippen molar-refractivity contribution in [2.45, 2.75) is 18.7 Å². The third-order valence-corrected chi connectivity index (χ3v) is 5.76. The number of anilines is 1. The smallest absolute Gasteiger partial charge is 0.268 e. The van der Waals surface area contributed by atoms with Crippen LogP contribution in [0.5, 0.6) is 0 Å². The van der Waals surface area contributed by atoms with Crippen LogP contribution in [0.25, 0.3) is 0 Å². The summed E-state index contributed by atoms with van der Waals surface area (Å²) < 4.78 is 25.5. The molecule has 0 unspecified atom stereocenters. The van der Waals surface area contributed by atoms with Gasteiger partial charge in [-0.1, -0.05) is 17.7 Å². The van der Waals surface area contributed by atoms with Crippen molar-refractivity contribution in [2.75, 3.05) is 11.9 Å². The van der Waals surface area contributed by atoms with E-state index in [0.717, 1.165) is 9.87 Å². The highest BCUT2D eigenvalue weighted by atomic mass is 32.2. The maximum atomic E-state index is 12.4. The lowest BCUT2D eigenvalue weighted by atomic mass is 10.1. The first-order valence-electron chi connectivity index (χ1n) is 7.43. The molecule has 1 heterocycles. The number of nitrogens with zero attached hydrogens (tertiary/aromatic N) is 1. The normalized spacial score (nSPS) is 15.2. The number of aryl methyl sites for hydroxylation is 1. The maximum Gasteiger partial charge on any atom is 0.268 e. The number of sulfonamides is 1. The molecular weight excluding hydrogens is 328 g/mol. The minimum Gasteiger partial charge on any atom is -0.322 e. The molecule has 0 aromatic heterocycles. The Kier molecular flexibility index (Phi) is 3.88. The van der Waals surface area contributed by atoms with Gasteiger partial charge in [0.2, 0.25) is 0 Å². The summed E-state index contributed by atoms with van der Waals surface area (Å²) in [6.45, 7) is 3.58. The van der Waals surface area contributed by atoms with Crippen LogP contribution < -0.4 is 5.32 Å². The predicted octanol–water partition coefficient (Wildman–Crippen LogP) is 2.41. The number of hydrogen-bond donors (Lipinski definition) is 1. The molecule has 1 aliphatic rings. The molecule has 0 fully saturated rings. The summed E-state index contributed by atoms with van der Waals surface area (Å²) in [7, 11) is -3.88. The van der Waals surface area contributed by atoms with Crippen LogP contribution in [0.15, 0.2) is 47.4 Å². The van der Waals surface area contributed by atoms with Gasteiger partial charge in [0.25, 0.3) is 21.8 Å². The van der Waals surface area contributed by atoms with Gasteiger partial charge in [0.1, 0.15) is 4.90 Å². The molecule has 2 aromatic rings. The number of amides is 2. The molecule has 1 aliphatic heterocycles. The van der Waals surface area contributed by atoms with Gasteiger partial charge in [-0.3, -0.25) is 9.59 Å². The fourth-order valence-corrected chi connectivity index (χ4v) is 4.17. The molecule has 1 N–H and O–H groups in total. The lowest BCUT2D eigenvalue weighted by Gasteiger charge is -2.11. The van der Waals surface area contributed by atoms with Gasteiger partial charge in [0, 0.05) is 17.8 Å². The van der Waals surface area contributed by atoms with Gasteiger partial charge in [-0.15, -0.1) is 0 Å². The fraction of sp³-hybridized carbons (Fsp3) is 0.176. The van der Waals surface area contributed by atoms with E-state index in [0.29, 0.717) is 5.69 Å². The predicted molar refractivity (Wildman–Crippen MR) is 89.5 cm³/mol. The first kappa shape index (κ1) is 16.2. The number of carbonyl (C=O) groups is 2. The summed E-state index contributed by atoms with van der Waals surface area (Å²) in [5.41, 5.74) is 1.96. The van der Waals surface area contributed by atoms with E-state index in [9.17, 15) is 18.0 Å². The van der Waals surface area contributed by atoms with Gasteiger partial charge >= 0.3 is 0 Å². The van der Waals surface area contributed by atoms with E-state index in [1.807, 2.05) is 19.1 Å². The highest BCUT2D eigenvalue weighted by Gasteiger charge is 2.40. The number of fused-ring (bicyclic) bond motifs is 1. The maximum absolute atomic E-state index is 12.4. The molecular formula is C17H16N2O4S. The lowest BCUT2D eigenvalue weighted by Crippen LogP contribution is -2.29. The Labute approximate surface area is 140 Å². The Morgan fingerprint density at radius 2 is 1.79 bits per heavy atom. The average molecular weight is 344 g/mol. The van der Waals surface area contributed by atoms with Crippen molar-refractivity contribution in [1.82, 2.24) is 4.31 Å². The van der Waals surface area contributed by atoms with E-state index in [-0.39, 0.29) is 22.6 Å². The zero-order valence-electron chi connectivity index (χ0n) is 13.2. The van der Waals surface area contributed by atoms with Crippen molar-refractivity contribution in [3.05, 3.63) is 59.2 Å². The Morgan fingerprint density at radius 3 is 2.42 bits per heavy atom. The quantitative estimate of drug-likeness (QED) is 0.927. The molecule has 124 valence electrons. The Hall–Kier alpha value is -2.67. The number of carbonyl (C=O) groups excluding carboxylic acids is 2. The summed E-state index contributed by atoms with van der Waals surface area (Å²) >= 11 is 0. The van der Waals surface area contributed by atoms with E-state index >= 15 is 0 Å². The molecule has 2 aromatic carbocycles. The zero-order valence-corrected chi connectivity index (χ0v) is 14.1. The number of nitrogens with one attached hydrogen (secondary N) is 1. The van der Waals surface area contributed by atoms with Crippen LogP contribution >= 0.6 is 0 Å². The van der Waals surface area contributed by atoms with Crippen LogP contribution in [0.3, 0.4) is 0 Å². The molecule has 0 spiro atoms. The van der Waals surface area contributed by atoms with Crippen molar-refractivity contribution < 1.29 is 18.0 Å². The van der Waals surface area contributed by atoms with Gasteiger partial charge in [-0.25, -0.2) is 12.7 Å². The molecule has 0 saturated heterocycles. The van der Waals surface area contributed by atoms with Crippen LogP contribution in [-0.2, 0) is 10.0 Å². The standard InChI is InChI=1S/C17H16N2O4S/c1-3-19-17(21)14-9-6-12(10-15(14)24(19,22)23)16(20)18-13-7-4-11(2)5-8-13/h4-10H,3H2,1-2H3,(H,18,20). The van der Waals surface area contributed by atoms with Crippen LogP contribution in [0.4, 0.5) is 5.69 Å². The first-order chi connectivity index (χ1) is 11.3. The Balaban J connectivity index is 1.94. The molecule has 0 radical (unpaired) electrons. The number of hydrogen-bond acceptors (Lipinski definition) is 4. The molecule has 2 amide bonds. The van der Waals surface area contributed by atoms with E-state index in [2.05, 4.69) is 5.32 Å². The lowest BCUT2D eigenvalue weighted by molar-refractivity contribution is 0.0875. The van der Waals surface area contributed by atoms with Gasteiger partial charge < -0.3 is 5.32 Å². The molecule has 0 saturated carbocycles. The average Bonchev–Trinajstić information content (AvgIpc) is 2.75. The van der Waals surface area contributed by atoms with Crippen molar-refractivity contribution in [2.24, 2.45) is 0 Å². The first-order valence-corrected chi connectivity index (χ1v) is 8.87. The Morgan fingerprint density at radius 1 is 1.12 bits per heavy atom. The van der Waals surface area contributed by atoms with Gasteiger partial charge in [0.05, 0.1) is 5.56 Å². The highest BCUT2D eigenvalue weighted by molar-refractivity contribution is 7.90. The van der Waals surface area contributed by atoms with Crippen LogP contribution in [0.2, 0.25) is 0 Å². The van der Waals surface area contributed by atoms with Crippen molar-refractivity contribution >= 4 is 27.5 Å². The molecule has 7 heteroatoms. The summed E-state index contributed by atoms with van der Waals surface area (Å²) in [5.74, 6) is -0.989. The number of rotatable bonds is 3. The van der Waals surface area contributed by atoms with Gasteiger partial charge in [-0.05, 0) is 44.2 Å². The topological polar surface area (TPSA) is 83.6 Å². The molecule has 0 bridgehead atoms. The summed E-state index contributed by atoms with van der Waals surface area (Å²) in [5, 5.41) is 2.71. The molecule has 6 nitrogen and oxygen atoms in total. The summed E-state index contributed by atoms with van der Waals surface area (Å²) in [4.78, 5) is 24.3. The SMILES string of the molecule is CCN1C(=O)c2ccc(C(=O)Nc3ccc(C)cc3)cc2S1(=O)=O. The third kappa shape index (κ3) is 2.56. The second-order valence-electron chi connectivity index (χ2n) is 5.51. The van der Waals surface area contributed by atoms with Crippen LogP contribution in [0.1, 0.15) is 33.2 Å². The zero-order chi connectivity index (χ0) is 17.5. The summed E-state index contributed by atoms with van der Waals surface area (Å²) in [6.07, 6.45) is 0. The molecule has 3 rings (SSSR count). The largest absolute Gasteiger partial charge is 0.322 e. The van der Waals surface area contributed by atoms with Crippen LogP contribution in [0, 0.1) is 6.92 Å². The van der Waals surface area contributed by atoms with E-state index < -0.39 is 21.8 Å². The Bertz CT molecular complexity index is 934.